The van der Waals surface area contributed by atoms with Crippen LogP contribution in [-0.4, -0.2) is 32.8 Å². The molecule has 5 rings (SSSR count). The minimum Gasteiger partial charge on any atom is -0.341 e. The van der Waals surface area contributed by atoms with Gasteiger partial charge < -0.3 is 4.90 Å². The van der Waals surface area contributed by atoms with E-state index in [1.165, 1.54) is 31.2 Å². The van der Waals surface area contributed by atoms with Gasteiger partial charge in [-0.25, -0.2) is 4.98 Å². The van der Waals surface area contributed by atoms with Gasteiger partial charge in [0.15, 0.2) is 5.16 Å². The Kier molecular flexibility index (Phi) is 4.42. The monoisotopic (exact) mass is 383 g/mol. The van der Waals surface area contributed by atoms with Crippen molar-refractivity contribution >= 4 is 29.0 Å². The molecule has 0 bridgehead atoms. The lowest BCUT2D eigenvalue weighted by Crippen LogP contribution is -2.22. The Morgan fingerprint density at radius 2 is 1.88 bits per heavy atom. The number of anilines is 1. The number of thiazole rings is 1. The van der Waals surface area contributed by atoms with Crippen LogP contribution in [0.3, 0.4) is 0 Å². The number of hydrogen-bond acceptors (Lipinski definition) is 6. The highest BCUT2D eigenvalue weighted by molar-refractivity contribution is 7.98. The molecule has 134 valence electrons. The molecule has 2 aliphatic rings. The number of benzene rings is 1. The summed E-state index contributed by atoms with van der Waals surface area (Å²) in [4.78, 5) is 7.19. The largest absolute Gasteiger partial charge is 0.341 e. The Balaban J connectivity index is 1.32. The Morgan fingerprint density at radius 1 is 1.08 bits per heavy atom. The maximum atomic E-state index is 4.80. The van der Waals surface area contributed by atoms with Gasteiger partial charge in [-0.15, -0.1) is 21.5 Å². The first-order chi connectivity index (χ1) is 12.9. The third-order valence-corrected chi connectivity index (χ3v) is 6.79. The summed E-state index contributed by atoms with van der Waals surface area (Å²) in [7, 11) is 0. The molecular weight excluding hydrogens is 362 g/mol. The van der Waals surface area contributed by atoms with Crippen LogP contribution in [0, 0.1) is 0 Å². The zero-order valence-electron chi connectivity index (χ0n) is 14.5. The third kappa shape index (κ3) is 3.25. The van der Waals surface area contributed by atoms with Crippen molar-refractivity contribution in [3.05, 3.63) is 41.4 Å². The Hall–Kier alpha value is -1.86. The van der Waals surface area contributed by atoms with Crippen molar-refractivity contribution in [2.45, 2.75) is 42.6 Å². The molecule has 0 N–H and O–H groups in total. The van der Waals surface area contributed by atoms with E-state index in [1.54, 1.807) is 23.1 Å². The molecule has 3 heterocycles. The van der Waals surface area contributed by atoms with Crippen LogP contribution < -0.4 is 4.90 Å². The van der Waals surface area contributed by atoms with Gasteiger partial charge in [-0.05, 0) is 25.7 Å². The van der Waals surface area contributed by atoms with E-state index < -0.39 is 0 Å². The van der Waals surface area contributed by atoms with Crippen LogP contribution in [0.1, 0.15) is 37.4 Å². The zero-order chi connectivity index (χ0) is 17.3. The smallest absolute Gasteiger partial charge is 0.228 e. The molecule has 1 aromatic carbocycles. The van der Waals surface area contributed by atoms with Crippen molar-refractivity contribution in [3.63, 3.8) is 0 Å². The van der Waals surface area contributed by atoms with Crippen molar-refractivity contribution in [1.82, 2.24) is 19.7 Å². The molecule has 1 aliphatic carbocycles. The Morgan fingerprint density at radius 3 is 2.65 bits per heavy atom. The van der Waals surface area contributed by atoms with Crippen molar-refractivity contribution in [3.8, 4) is 10.6 Å². The van der Waals surface area contributed by atoms with Gasteiger partial charge in [-0.3, -0.25) is 4.57 Å². The van der Waals surface area contributed by atoms with Crippen LogP contribution in [0.5, 0.6) is 0 Å². The summed E-state index contributed by atoms with van der Waals surface area (Å²) in [5.74, 6) is 1.92. The van der Waals surface area contributed by atoms with E-state index in [0.29, 0.717) is 6.04 Å². The third-order valence-electron chi connectivity index (χ3n) is 4.87. The molecule has 0 amide bonds. The molecule has 1 saturated heterocycles. The van der Waals surface area contributed by atoms with Gasteiger partial charge >= 0.3 is 0 Å². The van der Waals surface area contributed by atoms with E-state index in [0.717, 1.165) is 40.6 Å². The van der Waals surface area contributed by atoms with Gasteiger partial charge in [-0.2, -0.15) is 0 Å². The maximum absolute atomic E-state index is 4.80. The second-order valence-corrected chi connectivity index (χ2v) is 8.68. The van der Waals surface area contributed by atoms with E-state index in [2.05, 4.69) is 49.3 Å². The topological polar surface area (TPSA) is 46.8 Å². The number of hydrogen-bond donors (Lipinski definition) is 0. The normalized spacial score (nSPS) is 17.2. The van der Waals surface area contributed by atoms with Crippen molar-refractivity contribution < 1.29 is 0 Å². The van der Waals surface area contributed by atoms with E-state index >= 15 is 0 Å². The molecule has 2 fully saturated rings. The lowest BCUT2D eigenvalue weighted by atomic mass is 10.2. The van der Waals surface area contributed by atoms with Gasteiger partial charge in [0.25, 0.3) is 0 Å². The number of thioether (sulfide) groups is 1. The molecule has 1 saturated carbocycles. The summed E-state index contributed by atoms with van der Waals surface area (Å²) < 4.78 is 2.38. The zero-order valence-corrected chi connectivity index (χ0v) is 16.2. The average Bonchev–Trinajstić information content (AvgIpc) is 3.10. The lowest BCUT2D eigenvalue weighted by Gasteiger charge is -2.17. The second kappa shape index (κ2) is 7.04. The van der Waals surface area contributed by atoms with E-state index in [-0.39, 0.29) is 0 Å². The molecule has 0 spiro atoms. The van der Waals surface area contributed by atoms with Crippen molar-refractivity contribution in [1.29, 1.82) is 0 Å². The van der Waals surface area contributed by atoms with Gasteiger partial charge in [0.1, 0.15) is 5.01 Å². The maximum Gasteiger partial charge on any atom is 0.228 e. The van der Waals surface area contributed by atoms with Crippen LogP contribution in [0.2, 0.25) is 0 Å². The van der Waals surface area contributed by atoms with Crippen molar-refractivity contribution in [2.24, 2.45) is 0 Å². The Bertz CT molecular complexity index is 878. The van der Waals surface area contributed by atoms with Gasteiger partial charge in [0, 0.05) is 35.8 Å². The summed E-state index contributed by atoms with van der Waals surface area (Å²) in [6.45, 7) is 2.23. The number of aromatic nitrogens is 4. The Labute approximate surface area is 161 Å². The molecule has 7 heteroatoms. The average molecular weight is 384 g/mol. The molecule has 26 heavy (non-hydrogen) atoms. The standard InChI is InChI=1S/C19H21N5S2/c1-2-6-14(7-3-1)17-20-15(12-25-17)13-26-19-22-21-18(23-10-4-5-11-23)24(19)16-8-9-16/h1-3,6-7,12,16H,4-5,8-11,13H2. The number of nitrogens with zero attached hydrogens (tertiary/aromatic N) is 5. The van der Waals surface area contributed by atoms with Gasteiger partial charge in [-0.1, -0.05) is 42.1 Å². The first-order valence-electron chi connectivity index (χ1n) is 9.21. The summed E-state index contributed by atoms with van der Waals surface area (Å²) in [5.41, 5.74) is 2.30. The number of rotatable bonds is 6. The second-order valence-electron chi connectivity index (χ2n) is 6.88. The van der Waals surface area contributed by atoms with Crippen molar-refractivity contribution in [2.75, 3.05) is 18.0 Å². The summed E-state index contributed by atoms with van der Waals surface area (Å²) in [6.07, 6.45) is 5.03. The van der Waals surface area contributed by atoms with Crippen LogP contribution in [-0.2, 0) is 5.75 Å². The minimum atomic E-state index is 0.596. The summed E-state index contributed by atoms with van der Waals surface area (Å²) >= 11 is 3.47. The van der Waals surface area contributed by atoms with E-state index in [9.17, 15) is 0 Å². The SMILES string of the molecule is c1ccc(-c2nc(CSc3nnc(N4CCCC4)n3C3CC3)cs2)cc1. The van der Waals surface area contributed by atoms with E-state index in [4.69, 9.17) is 4.98 Å². The highest BCUT2D eigenvalue weighted by Crippen LogP contribution is 2.42. The highest BCUT2D eigenvalue weighted by atomic mass is 32.2. The molecule has 3 aromatic rings. The fourth-order valence-corrected chi connectivity index (χ4v) is 5.20. The molecule has 5 nitrogen and oxygen atoms in total. The van der Waals surface area contributed by atoms with E-state index in [1.807, 2.05) is 6.07 Å². The summed E-state index contributed by atoms with van der Waals surface area (Å²) in [6, 6.07) is 11.0. The fourth-order valence-electron chi connectivity index (χ4n) is 3.38. The molecule has 0 atom stereocenters. The molecule has 1 aliphatic heterocycles. The fraction of sp³-hybridized carbons (Fsp3) is 0.421. The van der Waals surface area contributed by atoms with Gasteiger partial charge in [0.05, 0.1) is 5.69 Å². The quantitative estimate of drug-likeness (QED) is 0.581. The first-order valence-corrected chi connectivity index (χ1v) is 11.1. The molecule has 0 unspecified atom stereocenters. The molecule has 2 aromatic heterocycles. The molecule has 0 radical (unpaired) electrons. The highest BCUT2D eigenvalue weighted by Gasteiger charge is 2.32. The van der Waals surface area contributed by atoms with Crippen LogP contribution >= 0.6 is 23.1 Å². The summed E-state index contributed by atoms with van der Waals surface area (Å²) in [5, 5.41) is 13.3. The van der Waals surface area contributed by atoms with Crippen LogP contribution in [0.25, 0.3) is 10.6 Å². The minimum absolute atomic E-state index is 0.596. The molecular formula is C19H21N5S2. The van der Waals surface area contributed by atoms with Crippen LogP contribution in [0.15, 0.2) is 40.9 Å². The van der Waals surface area contributed by atoms with Gasteiger partial charge in [0.2, 0.25) is 5.95 Å². The predicted molar refractivity (Wildman–Crippen MR) is 107 cm³/mol. The van der Waals surface area contributed by atoms with Crippen LogP contribution in [0.4, 0.5) is 5.95 Å². The first kappa shape index (κ1) is 16.3. The predicted octanol–water partition coefficient (Wildman–Crippen LogP) is 4.63. The lowest BCUT2D eigenvalue weighted by molar-refractivity contribution is 0.651.